The van der Waals surface area contributed by atoms with Crippen molar-refractivity contribution in [2.45, 2.75) is 23.4 Å². The highest BCUT2D eigenvalue weighted by Gasteiger charge is 2.03. The minimum Gasteiger partial charge on any atom is -0.326 e. The molecule has 16 heavy (non-hydrogen) atoms. The number of benzene rings is 1. The molecule has 1 aromatic carbocycles. The Bertz CT molecular complexity index is 469. The molecule has 0 atom stereocenters. The number of aromatic nitrogens is 1. The lowest BCUT2D eigenvalue weighted by atomic mass is 10.1. The Morgan fingerprint density at radius 2 is 2.12 bits per heavy atom. The molecule has 0 spiro atoms. The topological polar surface area (TPSA) is 38.9 Å². The molecule has 0 bridgehead atoms. The molecular formula is C13H14N2S. The largest absolute Gasteiger partial charge is 0.326 e. The van der Waals surface area contributed by atoms with Gasteiger partial charge in [0, 0.05) is 17.6 Å². The van der Waals surface area contributed by atoms with Crippen molar-refractivity contribution in [3.05, 3.63) is 53.7 Å². The lowest BCUT2D eigenvalue weighted by molar-refractivity contribution is 1.02. The van der Waals surface area contributed by atoms with Gasteiger partial charge in [-0.3, -0.25) is 0 Å². The maximum absolute atomic E-state index is 5.74. The van der Waals surface area contributed by atoms with Crippen molar-refractivity contribution in [3.63, 3.8) is 0 Å². The van der Waals surface area contributed by atoms with Gasteiger partial charge in [0.05, 0.1) is 0 Å². The normalized spacial score (nSPS) is 10.4. The van der Waals surface area contributed by atoms with E-state index in [1.165, 1.54) is 16.0 Å². The monoisotopic (exact) mass is 230 g/mol. The van der Waals surface area contributed by atoms with E-state index in [0.717, 1.165) is 5.03 Å². The highest BCUT2D eigenvalue weighted by molar-refractivity contribution is 7.99. The lowest BCUT2D eigenvalue weighted by Gasteiger charge is -2.07. The number of rotatable bonds is 3. The molecule has 2 rings (SSSR count). The van der Waals surface area contributed by atoms with Crippen molar-refractivity contribution in [1.29, 1.82) is 0 Å². The maximum Gasteiger partial charge on any atom is 0.101 e. The summed E-state index contributed by atoms with van der Waals surface area (Å²) in [4.78, 5) is 5.48. The zero-order valence-electron chi connectivity index (χ0n) is 9.18. The maximum atomic E-state index is 5.74. The molecule has 0 saturated carbocycles. The summed E-state index contributed by atoms with van der Waals surface area (Å²) in [5, 5.41) is 1.00. The van der Waals surface area contributed by atoms with Crippen LogP contribution in [0.2, 0.25) is 0 Å². The van der Waals surface area contributed by atoms with E-state index >= 15 is 0 Å². The third-order valence-electron chi connectivity index (χ3n) is 2.29. The smallest absolute Gasteiger partial charge is 0.101 e. The Hall–Kier alpha value is -1.32. The van der Waals surface area contributed by atoms with Crippen molar-refractivity contribution < 1.29 is 0 Å². The first-order valence-corrected chi connectivity index (χ1v) is 6.00. The van der Waals surface area contributed by atoms with Crippen LogP contribution in [0, 0.1) is 6.92 Å². The van der Waals surface area contributed by atoms with Crippen LogP contribution in [0.3, 0.4) is 0 Å². The number of pyridine rings is 1. The summed E-state index contributed by atoms with van der Waals surface area (Å²) >= 11 is 1.66. The summed E-state index contributed by atoms with van der Waals surface area (Å²) in [7, 11) is 0. The van der Waals surface area contributed by atoms with Crippen LogP contribution in [-0.4, -0.2) is 4.98 Å². The second kappa shape index (κ2) is 5.14. The molecule has 2 aromatic rings. The van der Waals surface area contributed by atoms with Crippen LogP contribution in [0.25, 0.3) is 0 Å². The number of aryl methyl sites for hydroxylation is 1. The van der Waals surface area contributed by atoms with Crippen molar-refractivity contribution in [2.75, 3.05) is 0 Å². The average molecular weight is 230 g/mol. The fourth-order valence-electron chi connectivity index (χ4n) is 1.49. The number of hydrogen-bond acceptors (Lipinski definition) is 3. The zero-order valence-corrected chi connectivity index (χ0v) is 10.00. The van der Waals surface area contributed by atoms with E-state index in [-0.39, 0.29) is 0 Å². The van der Waals surface area contributed by atoms with Gasteiger partial charge in [0.1, 0.15) is 5.03 Å². The van der Waals surface area contributed by atoms with Gasteiger partial charge in [-0.15, -0.1) is 0 Å². The first-order valence-electron chi connectivity index (χ1n) is 5.18. The Morgan fingerprint density at radius 3 is 2.81 bits per heavy atom. The van der Waals surface area contributed by atoms with Crippen LogP contribution in [-0.2, 0) is 6.54 Å². The molecule has 1 heterocycles. The third kappa shape index (κ3) is 2.62. The van der Waals surface area contributed by atoms with Crippen LogP contribution in [0.15, 0.2) is 52.5 Å². The van der Waals surface area contributed by atoms with E-state index in [4.69, 9.17) is 5.73 Å². The summed E-state index contributed by atoms with van der Waals surface area (Å²) < 4.78 is 0. The van der Waals surface area contributed by atoms with Crippen molar-refractivity contribution >= 4 is 11.8 Å². The van der Waals surface area contributed by atoms with Gasteiger partial charge in [0.25, 0.3) is 0 Å². The van der Waals surface area contributed by atoms with E-state index in [9.17, 15) is 0 Å². The molecule has 0 radical (unpaired) electrons. The molecule has 0 amide bonds. The van der Waals surface area contributed by atoms with Gasteiger partial charge < -0.3 is 5.73 Å². The summed E-state index contributed by atoms with van der Waals surface area (Å²) in [6.07, 6.45) is 1.80. The SMILES string of the molecule is Cc1ccc(Sc2ccccn2)c(CN)c1. The van der Waals surface area contributed by atoms with Gasteiger partial charge in [-0.25, -0.2) is 4.98 Å². The second-order valence-electron chi connectivity index (χ2n) is 3.59. The van der Waals surface area contributed by atoms with Gasteiger partial charge in [0.15, 0.2) is 0 Å². The van der Waals surface area contributed by atoms with Gasteiger partial charge in [-0.05, 0) is 30.7 Å². The highest BCUT2D eigenvalue weighted by atomic mass is 32.2. The van der Waals surface area contributed by atoms with Crippen molar-refractivity contribution in [2.24, 2.45) is 5.73 Å². The molecule has 0 unspecified atom stereocenters. The second-order valence-corrected chi connectivity index (χ2v) is 4.65. The molecule has 82 valence electrons. The van der Waals surface area contributed by atoms with Gasteiger partial charge >= 0.3 is 0 Å². The Morgan fingerprint density at radius 1 is 1.25 bits per heavy atom. The van der Waals surface area contributed by atoms with Gasteiger partial charge in [-0.2, -0.15) is 0 Å². The molecule has 2 nitrogen and oxygen atoms in total. The van der Waals surface area contributed by atoms with Crippen LogP contribution >= 0.6 is 11.8 Å². The van der Waals surface area contributed by atoms with Crippen LogP contribution < -0.4 is 5.73 Å². The highest BCUT2D eigenvalue weighted by Crippen LogP contribution is 2.29. The lowest BCUT2D eigenvalue weighted by Crippen LogP contribution is -1.98. The fraction of sp³-hybridized carbons (Fsp3) is 0.154. The molecule has 0 aliphatic carbocycles. The Kier molecular flexibility index (Phi) is 3.59. The van der Waals surface area contributed by atoms with Crippen molar-refractivity contribution in [3.8, 4) is 0 Å². The Labute approximate surface area is 99.9 Å². The Balaban J connectivity index is 2.28. The number of nitrogens with zero attached hydrogens (tertiary/aromatic N) is 1. The van der Waals surface area contributed by atoms with Crippen molar-refractivity contribution in [1.82, 2.24) is 4.98 Å². The third-order valence-corrected chi connectivity index (χ3v) is 3.36. The zero-order chi connectivity index (χ0) is 11.4. The molecule has 2 N–H and O–H groups in total. The summed E-state index contributed by atoms with van der Waals surface area (Å²) in [6.45, 7) is 2.64. The number of hydrogen-bond donors (Lipinski definition) is 1. The standard InChI is InChI=1S/C13H14N2S/c1-10-5-6-12(11(8-10)9-14)16-13-4-2-3-7-15-13/h2-8H,9,14H2,1H3. The van der Waals surface area contributed by atoms with Crippen LogP contribution in [0.1, 0.15) is 11.1 Å². The first-order chi connectivity index (χ1) is 7.79. The predicted octanol–water partition coefficient (Wildman–Crippen LogP) is 3.00. The van der Waals surface area contributed by atoms with E-state index in [1.54, 1.807) is 18.0 Å². The molecular weight excluding hydrogens is 216 g/mol. The molecule has 0 aliphatic rings. The fourth-order valence-corrected chi connectivity index (χ4v) is 2.38. The molecule has 1 aromatic heterocycles. The van der Waals surface area contributed by atoms with Gasteiger partial charge in [-0.1, -0.05) is 35.5 Å². The van der Waals surface area contributed by atoms with Crippen LogP contribution in [0.5, 0.6) is 0 Å². The average Bonchev–Trinajstić information content (AvgIpc) is 2.33. The summed E-state index contributed by atoms with van der Waals surface area (Å²) in [5.74, 6) is 0. The quantitative estimate of drug-likeness (QED) is 0.881. The number of nitrogens with two attached hydrogens (primary N) is 1. The molecule has 3 heteroatoms. The minimum absolute atomic E-state index is 0.566. The molecule has 0 aliphatic heterocycles. The predicted molar refractivity (Wildman–Crippen MR) is 67.4 cm³/mol. The first kappa shape index (κ1) is 11.2. The van der Waals surface area contributed by atoms with Crippen LogP contribution in [0.4, 0.5) is 0 Å². The van der Waals surface area contributed by atoms with E-state index in [2.05, 4.69) is 30.1 Å². The molecule has 0 saturated heterocycles. The minimum atomic E-state index is 0.566. The molecule has 0 fully saturated rings. The summed E-state index contributed by atoms with van der Waals surface area (Å²) in [5.41, 5.74) is 8.16. The van der Waals surface area contributed by atoms with Gasteiger partial charge in [0.2, 0.25) is 0 Å². The van der Waals surface area contributed by atoms with E-state index < -0.39 is 0 Å². The van der Waals surface area contributed by atoms with E-state index in [0.29, 0.717) is 6.54 Å². The van der Waals surface area contributed by atoms with E-state index in [1.807, 2.05) is 18.2 Å². The summed E-state index contributed by atoms with van der Waals surface area (Å²) in [6, 6.07) is 12.3.